The van der Waals surface area contributed by atoms with E-state index in [0.717, 1.165) is 60.3 Å². The van der Waals surface area contributed by atoms with Crippen molar-refractivity contribution in [2.45, 2.75) is 53.1 Å². The molecule has 3 rings (SSSR count). The van der Waals surface area contributed by atoms with Gasteiger partial charge in [0.05, 0.1) is 18.8 Å². The summed E-state index contributed by atoms with van der Waals surface area (Å²) in [4.78, 5) is 25.0. The highest BCUT2D eigenvalue weighted by molar-refractivity contribution is 14.0. The lowest BCUT2D eigenvalue weighted by atomic mass is 10.1. The van der Waals surface area contributed by atoms with Crippen molar-refractivity contribution in [1.29, 1.82) is 0 Å². The fourth-order valence-corrected chi connectivity index (χ4v) is 4.19. The zero-order valence-electron chi connectivity index (χ0n) is 18.0. The Kier molecular flexibility index (Phi) is 10.0. The number of rotatable bonds is 6. The first-order valence-corrected chi connectivity index (χ1v) is 11.2. The first-order chi connectivity index (χ1) is 14.1. The Morgan fingerprint density at radius 2 is 1.83 bits per heavy atom. The van der Waals surface area contributed by atoms with E-state index >= 15 is 0 Å². The number of hydrogen-bond acceptors (Lipinski definition) is 4. The van der Waals surface area contributed by atoms with Gasteiger partial charge in [-0.2, -0.15) is 0 Å². The van der Waals surface area contributed by atoms with Gasteiger partial charge in [0.1, 0.15) is 5.01 Å². The highest BCUT2D eigenvalue weighted by Gasteiger charge is 2.17. The van der Waals surface area contributed by atoms with E-state index in [1.54, 1.807) is 11.3 Å². The average molecular weight is 542 g/mol. The molecule has 1 aliphatic rings. The number of benzene rings is 1. The van der Waals surface area contributed by atoms with E-state index in [0.29, 0.717) is 13.1 Å². The monoisotopic (exact) mass is 541 g/mol. The molecule has 2 aromatic rings. The van der Waals surface area contributed by atoms with Crippen molar-refractivity contribution < 1.29 is 4.79 Å². The van der Waals surface area contributed by atoms with E-state index in [1.165, 1.54) is 11.3 Å². The molecule has 0 radical (unpaired) electrons. The summed E-state index contributed by atoms with van der Waals surface area (Å²) in [6, 6.07) is 7.84. The van der Waals surface area contributed by atoms with Crippen LogP contribution in [0.25, 0.3) is 0 Å². The summed E-state index contributed by atoms with van der Waals surface area (Å²) in [7, 11) is 0. The zero-order chi connectivity index (χ0) is 20.6. The molecule has 1 fully saturated rings. The number of nitrogens with zero attached hydrogens (tertiary/aromatic N) is 3. The van der Waals surface area contributed by atoms with Crippen LogP contribution in [0.4, 0.5) is 0 Å². The molecule has 8 heteroatoms. The molecule has 30 heavy (non-hydrogen) atoms. The molecule has 6 nitrogen and oxygen atoms in total. The summed E-state index contributed by atoms with van der Waals surface area (Å²) in [5.74, 6) is 0.912. The molecule has 164 valence electrons. The second-order valence-electron chi connectivity index (χ2n) is 7.35. The van der Waals surface area contributed by atoms with E-state index in [-0.39, 0.29) is 29.9 Å². The van der Waals surface area contributed by atoms with E-state index in [9.17, 15) is 4.79 Å². The zero-order valence-corrected chi connectivity index (χ0v) is 21.2. The Morgan fingerprint density at radius 1 is 1.13 bits per heavy atom. The number of halogens is 1. The third-order valence-electron chi connectivity index (χ3n) is 5.09. The van der Waals surface area contributed by atoms with E-state index in [4.69, 9.17) is 0 Å². The van der Waals surface area contributed by atoms with Gasteiger partial charge in [-0.15, -0.1) is 35.3 Å². The molecule has 1 aromatic heterocycles. The molecule has 0 saturated carbocycles. The largest absolute Gasteiger partial charge is 0.357 e. The van der Waals surface area contributed by atoms with Crippen LogP contribution < -0.4 is 10.6 Å². The van der Waals surface area contributed by atoms with Gasteiger partial charge in [0.25, 0.3) is 5.91 Å². The lowest BCUT2D eigenvalue weighted by molar-refractivity contribution is 0.0724. The maximum Gasteiger partial charge on any atom is 0.253 e. The molecule has 0 bridgehead atoms. The number of carbonyl (C=O) groups is 1. The minimum atomic E-state index is 0. The molecular formula is C22H32IN5OS. The number of piperidine rings is 1. The van der Waals surface area contributed by atoms with Gasteiger partial charge >= 0.3 is 0 Å². The predicted octanol–water partition coefficient (Wildman–Crippen LogP) is 4.26. The summed E-state index contributed by atoms with van der Waals surface area (Å²) < 4.78 is 0. The molecular weight excluding hydrogens is 509 g/mol. The Labute approximate surface area is 200 Å². The molecule has 1 aromatic carbocycles. The van der Waals surface area contributed by atoms with Gasteiger partial charge in [-0.05, 0) is 57.7 Å². The van der Waals surface area contributed by atoms with Gasteiger partial charge in [0.2, 0.25) is 0 Å². The van der Waals surface area contributed by atoms with Crippen molar-refractivity contribution in [3.63, 3.8) is 0 Å². The lowest BCUT2D eigenvalue weighted by Gasteiger charge is -2.26. The number of hydrogen-bond donors (Lipinski definition) is 2. The van der Waals surface area contributed by atoms with Gasteiger partial charge in [0.15, 0.2) is 5.96 Å². The molecule has 1 aliphatic heterocycles. The van der Waals surface area contributed by atoms with Gasteiger partial charge in [0, 0.05) is 30.1 Å². The Morgan fingerprint density at radius 3 is 2.43 bits per heavy atom. The van der Waals surface area contributed by atoms with Crippen LogP contribution in [0, 0.1) is 13.8 Å². The molecule has 2 N–H and O–H groups in total. The van der Waals surface area contributed by atoms with Crippen LogP contribution in [0.1, 0.15) is 57.7 Å². The summed E-state index contributed by atoms with van der Waals surface area (Å²) >= 11 is 1.71. The Bertz CT molecular complexity index is 824. The molecule has 1 saturated heterocycles. The van der Waals surface area contributed by atoms with Gasteiger partial charge in [-0.25, -0.2) is 9.98 Å². The molecule has 0 unspecified atom stereocenters. The maximum atomic E-state index is 12.6. The van der Waals surface area contributed by atoms with E-state index in [2.05, 4.69) is 34.5 Å². The van der Waals surface area contributed by atoms with Crippen LogP contribution in [0.5, 0.6) is 0 Å². The van der Waals surface area contributed by atoms with Gasteiger partial charge < -0.3 is 15.5 Å². The number of guanidine groups is 1. The smallest absolute Gasteiger partial charge is 0.253 e. The van der Waals surface area contributed by atoms with Crippen molar-refractivity contribution in [3.05, 3.63) is 51.0 Å². The predicted molar refractivity (Wildman–Crippen MR) is 135 cm³/mol. The average Bonchev–Trinajstić information content (AvgIpc) is 3.08. The van der Waals surface area contributed by atoms with Crippen molar-refractivity contribution in [2.24, 2.45) is 4.99 Å². The molecule has 1 amide bonds. The number of amides is 1. The van der Waals surface area contributed by atoms with Crippen LogP contribution in [0.3, 0.4) is 0 Å². The summed E-state index contributed by atoms with van der Waals surface area (Å²) in [6.45, 7) is 9.95. The van der Waals surface area contributed by atoms with Crippen molar-refractivity contribution >= 4 is 47.2 Å². The Hall–Kier alpha value is -1.68. The molecule has 0 aliphatic carbocycles. The number of likely N-dealkylation sites (tertiary alicyclic amines) is 1. The van der Waals surface area contributed by atoms with E-state index in [1.807, 2.05) is 36.1 Å². The van der Waals surface area contributed by atoms with Gasteiger partial charge in [-0.1, -0.05) is 12.1 Å². The minimum Gasteiger partial charge on any atom is -0.357 e. The topological polar surface area (TPSA) is 69.6 Å². The molecule has 0 spiro atoms. The first kappa shape index (κ1) is 24.6. The van der Waals surface area contributed by atoms with Crippen molar-refractivity contribution in [3.8, 4) is 0 Å². The highest BCUT2D eigenvalue weighted by atomic mass is 127. The number of aryl methyl sites for hydroxylation is 2. The molecule has 0 atom stereocenters. The van der Waals surface area contributed by atoms with Crippen molar-refractivity contribution in [2.75, 3.05) is 19.6 Å². The Balaban J connectivity index is 0.00000320. The quantitative estimate of drug-likeness (QED) is 0.326. The fraction of sp³-hybridized carbons (Fsp3) is 0.500. The van der Waals surface area contributed by atoms with Crippen LogP contribution in [0.15, 0.2) is 29.3 Å². The SMILES string of the molecule is CCNC(=NCc1ccc(C(=O)N2CCCCC2)cc1)NCc1nc(C)c(C)s1.I. The number of thiazole rings is 1. The summed E-state index contributed by atoms with van der Waals surface area (Å²) in [6.07, 6.45) is 3.45. The second-order valence-corrected chi connectivity index (χ2v) is 8.64. The van der Waals surface area contributed by atoms with Crippen LogP contribution in [0.2, 0.25) is 0 Å². The van der Waals surface area contributed by atoms with Crippen LogP contribution in [-0.4, -0.2) is 41.4 Å². The third-order valence-corrected chi connectivity index (χ3v) is 6.16. The van der Waals surface area contributed by atoms with Gasteiger partial charge in [-0.3, -0.25) is 4.79 Å². The standard InChI is InChI=1S/C22H31N5OS.HI/c1-4-23-22(25-15-20-26-16(2)17(3)29-20)24-14-18-8-10-19(11-9-18)21(28)27-12-6-5-7-13-27;/h8-11H,4-7,12-15H2,1-3H3,(H2,23,24,25);1H. The number of carbonyl (C=O) groups excluding carboxylic acids is 1. The maximum absolute atomic E-state index is 12.6. The third kappa shape index (κ3) is 6.94. The highest BCUT2D eigenvalue weighted by Crippen LogP contribution is 2.16. The second kappa shape index (κ2) is 12.2. The summed E-state index contributed by atoms with van der Waals surface area (Å²) in [5.41, 5.74) is 2.94. The number of nitrogens with one attached hydrogen (secondary N) is 2. The van der Waals surface area contributed by atoms with Crippen LogP contribution in [-0.2, 0) is 13.1 Å². The number of aromatic nitrogens is 1. The minimum absolute atomic E-state index is 0. The lowest BCUT2D eigenvalue weighted by Crippen LogP contribution is -2.36. The van der Waals surface area contributed by atoms with Crippen molar-refractivity contribution in [1.82, 2.24) is 20.5 Å². The summed E-state index contributed by atoms with van der Waals surface area (Å²) in [5, 5.41) is 7.68. The normalized spacial score (nSPS) is 14.2. The first-order valence-electron chi connectivity index (χ1n) is 10.4. The number of aliphatic imine (C=N–C) groups is 1. The van der Waals surface area contributed by atoms with Crippen LogP contribution >= 0.6 is 35.3 Å². The van der Waals surface area contributed by atoms with E-state index < -0.39 is 0 Å². The fourth-order valence-electron chi connectivity index (χ4n) is 3.32. The molecule has 2 heterocycles.